The zero-order valence-corrected chi connectivity index (χ0v) is 15.9. The molecule has 140 valence electrons. The molecule has 0 spiro atoms. The summed E-state index contributed by atoms with van der Waals surface area (Å²) in [4.78, 5) is 8.34. The fourth-order valence-electron chi connectivity index (χ4n) is 2.68. The molecule has 1 aliphatic heterocycles. The zero-order valence-electron chi connectivity index (χ0n) is 15.9. The predicted molar refractivity (Wildman–Crippen MR) is 101 cm³/mol. The minimum atomic E-state index is -1.02. The van der Waals surface area contributed by atoms with E-state index >= 15 is 0 Å². The van der Waals surface area contributed by atoms with Crippen molar-refractivity contribution in [2.24, 2.45) is 0 Å². The van der Waals surface area contributed by atoms with Crippen LogP contribution < -0.4 is 0 Å². The third-order valence-electron chi connectivity index (χ3n) is 4.89. The molecule has 6 nitrogen and oxygen atoms in total. The third kappa shape index (κ3) is 3.94. The smallest absolute Gasteiger partial charge is 0.398 e. The Hall–Kier alpha value is -2.50. The number of halogens is 1. The van der Waals surface area contributed by atoms with Crippen LogP contribution in [0.4, 0.5) is 4.39 Å². The van der Waals surface area contributed by atoms with Gasteiger partial charge in [-0.15, -0.1) is 6.42 Å². The molecular weight excluding hydrogens is 346 g/mol. The van der Waals surface area contributed by atoms with Gasteiger partial charge < -0.3 is 9.31 Å². The Morgan fingerprint density at radius 3 is 2.59 bits per heavy atom. The largest absolute Gasteiger partial charge is 0.524 e. The van der Waals surface area contributed by atoms with Gasteiger partial charge >= 0.3 is 7.12 Å². The second-order valence-corrected chi connectivity index (χ2v) is 7.38. The van der Waals surface area contributed by atoms with Crippen LogP contribution in [0, 0.1) is 12.3 Å². The number of terminal acetylenes is 1. The van der Waals surface area contributed by atoms with E-state index in [1.165, 1.54) is 6.08 Å². The Kier molecular flexibility index (Phi) is 5.18. The highest BCUT2D eigenvalue weighted by molar-refractivity contribution is 6.53. The maximum absolute atomic E-state index is 14.7. The second kappa shape index (κ2) is 7.26. The summed E-state index contributed by atoms with van der Waals surface area (Å²) in [6.07, 6.45) is 13.7. The van der Waals surface area contributed by atoms with Crippen LogP contribution in [-0.4, -0.2) is 38.1 Å². The summed E-state index contributed by atoms with van der Waals surface area (Å²) >= 11 is 0. The Labute approximate surface area is 159 Å². The van der Waals surface area contributed by atoms with Gasteiger partial charge in [0.2, 0.25) is 0 Å². The molecule has 1 aliphatic rings. The van der Waals surface area contributed by atoms with Gasteiger partial charge in [0.1, 0.15) is 23.7 Å². The lowest BCUT2D eigenvalue weighted by Crippen LogP contribution is -2.41. The molecule has 2 aromatic rings. The van der Waals surface area contributed by atoms with Gasteiger partial charge in [-0.25, -0.2) is 4.39 Å². The molecule has 0 aliphatic carbocycles. The van der Waals surface area contributed by atoms with Crippen molar-refractivity contribution in [2.45, 2.75) is 51.9 Å². The number of allylic oxidation sites excluding steroid dienone is 1. The molecule has 0 unspecified atom stereocenters. The molecule has 0 bridgehead atoms. The van der Waals surface area contributed by atoms with Crippen molar-refractivity contribution in [2.75, 3.05) is 0 Å². The minimum Gasteiger partial charge on any atom is -0.398 e. The molecule has 3 rings (SSSR count). The van der Waals surface area contributed by atoms with E-state index < -0.39 is 24.0 Å². The fourth-order valence-corrected chi connectivity index (χ4v) is 2.68. The van der Waals surface area contributed by atoms with Crippen molar-refractivity contribution in [3.8, 4) is 23.7 Å². The summed E-state index contributed by atoms with van der Waals surface area (Å²) in [6, 6.07) is 0. The first-order valence-corrected chi connectivity index (χ1v) is 8.71. The maximum atomic E-state index is 14.7. The van der Waals surface area contributed by atoms with E-state index in [1.54, 1.807) is 29.5 Å². The standard InChI is InChI=1S/C19H22BFN4O2/c1-6-11-25-13-14(17(24-25)15-12-22-9-10-23-15)7-8-16(21)20-26-18(2,3)19(4,5)27-20/h1,8-10,12-13H,7,11H2,2-5H3. The summed E-state index contributed by atoms with van der Waals surface area (Å²) in [5, 5.41) is 4.45. The van der Waals surface area contributed by atoms with Crippen molar-refractivity contribution in [3.05, 3.63) is 42.2 Å². The molecule has 27 heavy (non-hydrogen) atoms. The summed E-state index contributed by atoms with van der Waals surface area (Å²) < 4.78 is 27.8. The molecule has 0 saturated carbocycles. The Morgan fingerprint density at radius 1 is 1.30 bits per heavy atom. The topological polar surface area (TPSA) is 62.1 Å². The SMILES string of the molecule is C#CCn1cc(CC=C(F)B2OC(C)(C)C(C)(C)O2)c(-c2cnccn2)n1. The van der Waals surface area contributed by atoms with E-state index in [0.717, 1.165) is 5.56 Å². The number of hydrogen-bond acceptors (Lipinski definition) is 5. The van der Waals surface area contributed by atoms with Crippen molar-refractivity contribution < 1.29 is 13.7 Å². The fraction of sp³-hybridized carbons (Fsp3) is 0.421. The van der Waals surface area contributed by atoms with Crippen LogP contribution in [0.5, 0.6) is 0 Å². The number of nitrogens with zero attached hydrogens (tertiary/aromatic N) is 4. The first kappa shape index (κ1) is 19.3. The van der Waals surface area contributed by atoms with Gasteiger partial charge in [0.25, 0.3) is 0 Å². The summed E-state index contributed by atoms with van der Waals surface area (Å²) in [5.74, 6) is 2.54. The van der Waals surface area contributed by atoms with Crippen molar-refractivity contribution in [3.63, 3.8) is 0 Å². The van der Waals surface area contributed by atoms with Crippen LogP contribution in [0.3, 0.4) is 0 Å². The van der Waals surface area contributed by atoms with Crippen molar-refractivity contribution in [1.29, 1.82) is 0 Å². The summed E-state index contributed by atoms with van der Waals surface area (Å²) in [6.45, 7) is 7.86. The van der Waals surface area contributed by atoms with Gasteiger partial charge in [-0.2, -0.15) is 5.10 Å². The average molecular weight is 368 g/mol. The van der Waals surface area contributed by atoms with Crippen LogP contribution in [0.25, 0.3) is 11.4 Å². The van der Waals surface area contributed by atoms with Gasteiger partial charge in [-0.3, -0.25) is 14.6 Å². The molecule has 0 aromatic carbocycles. The lowest BCUT2D eigenvalue weighted by molar-refractivity contribution is 0.00578. The van der Waals surface area contributed by atoms with E-state index in [9.17, 15) is 4.39 Å². The van der Waals surface area contributed by atoms with Crippen LogP contribution in [0.15, 0.2) is 36.6 Å². The minimum absolute atomic E-state index is 0.298. The third-order valence-corrected chi connectivity index (χ3v) is 4.89. The highest BCUT2D eigenvalue weighted by Gasteiger charge is 2.52. The summed E-state index contributed by atoms with van der Waals surface area (Å²) in [7, 11) is -1.02. The first-order chi connectivity index (χ1) is 12.7. The highest BCUT2D eigenvalue weighted by atomic mass is 19.1. The second-order valence-electron chi connectivity index (χ2n) is 7.38. The maximum Gasteiger partial charge on any atom is 0.524 e. The van der Waals surface area contributed by atoms with Crippen LogP contribution in [0.1, 0.15) is 33.3 Å². The highest BCUT2D eigenvalue weighted by Crippen LogP contribution is 2.38. The summed E-state index contributed by atoms with van der Waals surface area (Å²) in [5.41, 5.74) is 0.362. The number of aromatic nitrogens is 4. The zero-order chi connectivity index (χ0) is 19.7. The molecule has 0 atom stereocenters. The molecule has 1 fully saturated rings. The molecule has 2 aromatic heterocycles. The van der Waals surface area contributed by atoms with Gasteiger partial charge in [0, 0.05) is 24.2 Å². The van der Waals surface area contributed by atoms with Crippen LogP contribution >= 0.6 is 0 Å². The molecule has 1 saturated heterocycles. The first-order valence-electron chi connectivity index (χ1n) is 8.71. The Morgan fingerprint density at radius 2 is 2.00 bits per heavy atom. The lowest BCUT2D eigenvalue weighted by Gasteiger charge is -2.32. The van der Waals surface area contributed by atoms with E-state index in [4.69, 9.17) is 15.7 Å². The monoisotopic (exact) mass is 368 g/mol. The molecule has 0 N–H and O–H groups in total. The normalized spacial score (nSPS) is 18.5. The van der Waals surface area contributed by atoms with Gasteiger partial charge in [0.15, 0.2) is 0 Å². The van der Waals surface area contributed by atoms with Crippen LogP contribution in [-0.2, 0) is 22.3 Å². The van der Waals surface area contributed by atoms with E-state index in [2.05, 4.69) is 21.0 Å². The number of rotatable bonds is 5. The molecular formula is C19H22BFN4O2. The van der Waals surface area contributed by atoms with E-state index in [0.29, 0.717) is 24.4 Å². The Balaban J connectivity index is 1.83. The lowest BCUT2D eigenvalue weighted by atomic mass is 9.87. The Bertz CT molecular complexity index is 871. The molecule has 0 amide bonds. The predicted octanol–water partition coefficient (Wildman–Crippen LogP) is 3.00. The van der Waals surface area contributed by atoms with Crippen molar-refractivity contribution in [1.82, 2.24) is 19.7 Å². The molecule has 3 heterocycles. The van der Waals surface area contributed by atoms with E-state index in [1.807, 2.05) is 27.7 Å². The number of hydrogen-bond donors (Lipinski definition) is 0. The van der Waals surface area contributed by atoms with E-state index in [-0.39, 0.29) is 0 Å². The molecule has 8 heteroatoms. The van der Waals surface area contributed by atoms with Crippen LogP contribution in [0.2, 0.25) is 0 Å². The van der Waals surface area contributed by atoms with Crippen molar-refractivity contribution >= 4 is 7.12 Å². The molecule has 0 radical (unpaired) electrons. The average Bonchev–Trinajstić information content (AvgIpc) is 3.11. The quantitative estimate of drug-likeness (QED) is 0.600. The van der Waals surface area contributed by atoms with Gasteiger partial charge in [0.05, 0.1) is 17.4 Å². The van der Waals surface area contributed by atoms with Gasteiger partial charge in [-0.1, -0.05) is 12.0 Å². The van der Waals surface area contributed by atoms with Gasteiger partial charge in [-0.05, 0) is 34.1 Å².